The van der Waals surface area contributed by atoms with Crippen molar-refractivity contribution in [1.29, 1.82) is 0 Å². The summed E-state index contributed by atoms with van der Waals surface area (Å²) in [5.41, 5.74) is 1.25. The fraction of sp³-hybridized carbons (Fsp3) is 0.533. The van der Waals surface area contributed by atoms with Gasteiger partial charge in [-0.2, -0.15) is 12.6 Å². The van der Waals surface area contributed by atoms with Crippen LogP contribution in [0.5, 0.6) is 0 Å². The Labute approximate surface area is 130 Å². The third-order valence-electron chi connectivity index (χ3n) is 3.94. The number of nitrogens with zero attached hydrogens (tertiary/aromatic N) is 2. The number of allylic oxidation sites excluding steroid dienone is 2. The van der Waals surface area contributed by atoms with Gasteiger partial charge in [0.25, 0.3) is 0 Å². The van der Waals surface area contributed by atoms with Crippen LogP contribution in [0.15, 0.2) is 35.3 Å². The molecule has 0 atom stereocenters. The van der Waals surface area contributed by atoms with Gasteiger partial charge in [0.05, 0.1) is 5.75 Å². The summed E-state index contributed by atoms with van der Waals surface area (Å²) in [5, 5.41) is 0. The van der Waals surface area contributed by atoms with E-state index in [-0.39, 0.29) is 5.91 Å². The summed E-state index contributed by atoms with van der Waals surface area (Å²) in [4.78, 5) is 15.9. The summed E-state index contributed by atoms with van der Waals surface area (Å²) in [7, 11) is 0. The van der Waals surface area contributed by atoms with Crippen LogP contribution in [0.1, 0.15) is 6.42 Å². The lowest BCUT2D eigenvalue weighted by Crippen LogP contribution is -2.49. The lowest BCUT2D eigenvalue weighted by atomic mass is 10.2. The number of hydrogen-bond acceptors (Lipinski definition) is 5. The average molecular weight is 308 g/mol. The van der Waals surface area contributed by atoms with Crippen molar-refractivity contribution < 1.29 is 14.3 Å². The molecule has 0 aromatic rings. The molecule has 0 spiro atoms. The molecule has 0 bridgehead atoms. The van der Waals surface area contributed by atoms with Crippen molar-refractivity contribution in [3.8, 4) is 0 Å². The lowest BCUT2D eigenvalue weighted by molar-refractivity contribution is -0.129. The standard InChI is InChI=1S/C15H20N2O3S/c18-15(10-21)17-6-4-16(5-7-17)9-12-2-1-3-13-14(8-12)20-11-19-13/h2-3,8,21H,1,4-7,9-11H2. The number of fused-ring (bicyclic) bond motifs is 1. The molecule has 2 heterocycles. The minimum absolute atomic E-state index is 0.124. The molecule has 2 fully saturated rings. The highest BCUT2D eigenvalue weighted by atomic mass is 32.1. The SMILES string of the molecule is O=C(CS)N1CCN(CC2=CCC=C3OCOC3=C2)CC1. The molecule has 1 amide bonds. The monoisotopic (exact) mass is 308 g/mol. The molecule has 0 N–H and O–H groups in total. The van der Waals surface area contributed by atoms with Crippen LogP contribution in [0, 0.1) is 0 Å². The number of carbonyl (C=O) groups excluding carboxylic acids is 1. The van der Waals surface area contributed by atoms with Gasteiger partial charge >= 0.3 is 0 Å². The molecular weight excluding hydrogens is 288 g/mol. The molecule has 0 aromatic carbocycles. The molecule has 114 valence electrons. The lowest BCUT2D eigenvalue weighted by Gasteiger charge is -2.34. The fourth-order valence-corrected chi connectivity index (χ4v) is 2.94. The quantitative estimate of drug-likeness (QED) is 0.795. The van der Waals surface area contributed by atoms with E-state index in [4.69, 9.17) is 9.47 Å². The van der Waals surface area contributed by atoms with E-state index in [1.807, 2.05) is 4.90 Å². The number of amides is 1. The molecule has 3 aliphatic rings. The van der Waals surface area contributed by atoms with Gasteiger partial charge in [0.15, 0.2) is 11.5 Å². The smallest absolute Gasteiger partial charge is 0.232 e. The molecule has 3 rings (SSSR count). The summed E-state index contributed by atoms with van der Waals surface area (Å²) in [6.07, 6.45) is 7.19. The van der Waals surface area contributed by atoms with Gasteiger partial charge in [0, 0.05) is 32.7 Å². The molecule has 0 aromatic heterocycles. The summed E-state index contributed by atoms with van der Waals surface area (Å²) in [6, 6.07) is 0. The maximum Gasteiger partial charge on any atom is 0.232 e. The number of ether oxygens (including phenoxy) is 2. The Kier molecular flexibility index (Phi) is 4.55. The Balaban J connectivity index is 1.55. The van der Waals surface area contributed by atoms with Crippen molar-refractivity contribution in [2.24, 2.45) is 0 Å². The van der Waals surface area contributed by atoms with Crippen LogP contribution in [-0.4, -0.2) is 61.0 Å². The van der Waals surface area contributed by atoms with Gasteiger partial charge in [-0.05, 0) is 24.1 Å². The van der Waals surface area contributed by atoms with Gasteiger partial charge < -0.3 is 14.4 Å². The van der Waals surface area contributed by atoms with Crippen molar-refractivity contribution in [2.45, 2.75) is 6.42 Å². The number of carbonyl (C=O) groups is 1. The highest BCUT2D eigenvalue weighted by Gasteiger charge is 2.22. The van der Waals surface area contributed by atoms with Crippen LogP contribution in [0.2, 0.25) is 0 Å². The van der Waals surface area contributed by atoms with E-state index in [2.05, 4.69) is 35.8 Å². The molecule has 21 heavy (non-hydrogen) atoms. The largest absolute Gasteiger partial charge is 0.454 e. The van der Waals surface area contributed by atoms with Crippen LogP contribution in [0.3, 0.4) is 0 Å². The number of rotatable bonds is 3. The highest BCUT2D eigenvalue weighted by molar-refractivity contribution is 7.81. The second kappa shape index (κ2) is 6.58. The summed E-state index contributed by atoms with van der Waals surface area (Å²) in [5.74, 6) is 2.11. The molecule has 5 nitrogen and oxygen atoms in total. The maximum absolute atomic E-state index is 11.6. The van der Waals surface area contributed by atoms with Gasteiger partial charge in [0.2, 0.25) is 12.7 Å². The Morgan fingerprint density at radius 3 is 2.67 bits per heavy atom. The minimum atomic E-state index is 0.124. The molecule has 0 unspecified atom stereocenters. The highest BCUT2D eigenvalue weighted by Crippen LogP contribution is 2.26. The molecule has 2 saturated heterocycles. The number of hydrogen-bond donors (Lipinski definition) is 1. The van der Waals surface area contributed by atoms with Crippen LogP contribution >= 0.6 is 12.6 Å². The zero-order chi connectivity index (χ0) is 14.7. The predicted molar refractivity (Wildman–Crippen MR) is 82.8 cm³/mol. The third-order valence-corrected chi connectivity index (χ3v) is 4.21. The van der Waals surface area contributed by atoms with Crippen LogP contribution in [-0.2, 0) is 14.3 Å². The Bertz CT molecular complexity index is 505. The second-order valence-electron chi connectivity index (χ2n) is 5.31. The van der Waals surface area contributed by atoms with E-state index in [0.29, 0.717) is 12.5 Å². The first-order chi connectivity index (χ1) is 10.3. The van der Waals surface area contributed by atoms with E-state index in [1.165, 1.54) is 5.57 Å². The first kappa shape index (κ1) is 14.5. The van der Waals surface area contributed by atoms with Gasteiger partial charge in [-0.3, -0.25) is 9.69 Å². The molecule has 6 heteroatoms. The van der Waals surface area contributed by atoms with Gasteiger partial charge in [-0.1, -0.05) is 6.08 Å². The van der Waals surface area contributed by atoms with E-state index in [9.17, 15) is 4.79 Å². The normalized spacial score (nSPS) is 22.3. The van der Waals surface area contributed by atoms with E-state index < -0.39 is 0 Å². The van der Waals surface area contributed by atoms with Crippen molar-refractivity contribution in [1.82, 2.24) is 9.80 Å². The zero-order valence-electron chi connectivity index (χ0n) is 12.0. The van der Waals surface area contributed by atoms with Crippen LogP contribution in [0.4, 0.5) is 0 Å². The summed E-state index contributed by atoms with van der Waals surface area (Å²) >= 11 is 4.05. The van der Waals surface area contributed by atoms with E-state index >= 15 is 0 Å². The molecule has 1 aliphatic carbocycles. The van der Waals surface area contributed by atoms with Crippen molar-refractivity contribution in [3.63, 3.8) is 0 Å². The van der Waals surface area contributed by atoms with Crippen LogP contribution in [0.25, 0.3) is 0 Å². The molecular formula is C15H20N2O3S. The first-order valence-corrected chi connectivity index (χ1v) is 7.87. The Hall–Kier alpha value is -1.40. The first-order valence-electron chi connectivity index (χ1n) is 7.24. The minimum Gasteiger partial charge on any atom is -0.454 e. The molecule has 0 saturated carbocycles. The van der Waals surface area contributed by atoms with Crippen molar-refractivity contribution >= 4 is 18.5 Å². The zero-order valence-corrected chi connectivity index (χ0v) is 12.8. The van der Waals surface area contributed by atoms with Crippen molar-refractivity contribution in [3.05, 3.63) is 35.3 Å². The van der Waals surface area contributed by atoms with Crippen molar-refractivity contribution in [2.75, 3.05) is 45.3 Å². The van der Waals surface area contributed by atoms with E-state index in [1.54, 1.807) is 0 Å². The fourth-order valence-electron chi connectivity index (χ4n) is 2.74. The van der Waals surface area contributed by atoms with Gasteiger partial charge in [-0.25, -0.2) is 0 Å². The molecule has 0 radical (unpaired) electrons. The number of thiol groups is 1. The second-order valence-corrected chi connectivity index (χ2v) is 5.63. The molecule has 2 aliphatic heterocycles. The summed E-state index contributed by atoms with van der Waals surface area (Å²) in [6.45, 7) is 4.57. The Morgan fingerprint density at radius 2 is 1.90 bits per heavy atom. The summed E-state index contributed by atoms with van der Waals surface area (Å²) < 4.78 is 10.9. The predicted octanol–water partition coefficient (Wildman–Crippen LogP) is 1.16. The maximum atomic E-state index is 11.6. The van der Waals surface area contributed by atoms with Crippen LogP contribution < -0.4 is 0 Å². The van der Waals surface area contributed by atoms with Gasteiger partial charge in [0.1, 0.15) is 0 Å². The topological polar surface area (TPSA) is 42.0 Å². The third kappa shape index (κ3) is 3.44. The van der Waals surface area contributed by atoms with E-state index in [0.717, 1.165) is 50.7 Å². The van der Waals surface area contributed by atoms with Gasteiger partial charge in [-0.15, -0.1) is 0 Å². The Morgan fingerprint density at radius 1 is 1.14 bits per heavy atom. The average Bonchev–Trinajstić information content (AvgIpc) is 2.86. The number of piperazine rings is 1.